The molecule has 27 heavy (non-hydrogen) atoms. The van der Waals surface area contributed by atoms with Gasteiger partial charge in [0.25, 0.3) is 0 Å². The van der Waals surface area contributed by atoms with Gasteiger partial charge in [0.2, 0.25) is 23.5 Å². The van der Waals surface area contributed by atoms with Crippen LogP contribution in [0.1, 0.15) is 25.6 Å². The standard InChI is InChI=1S/C19H16ClN5O2/c1-19(2,11-15-23-24-17(26-15)12-6-8-21-9-7-12)18-22-16(25-27-18)13-4-3-5-14(20)10-13/h3-10H,11H2,1-2H3. The van der Waals surface area contributed by atoms with E-state index in [0.717, 1.165) is 11.1 Å². The third-order valence-electron chi connectivity index (χ3n) is 4.08. The Morgan fingerprint density at radius 2 is 1.85 bits per heavy atom. The van der Waals surface area contributed by atoms with Crippen LogP contribution >= 0.6 is 11.6 Å². The molecule has 0 fully saturated rings. The topological polar surface area (TPSA) is 90.7 Å². The summed E-state index contributed by atoms with van der Waals surface area (Å²) in [6.45, 7) is 3.97. The summed E-state index contributed by atoms with van der Waals surface area (Å²) >= 11 is 6.03. The van der Waals surface area contributed by atoms with Crippen molar-refractivity contribution < 1.29 is 8.94 Å². The molecule has 4 aromatic rings. The molecule has 0 saturated carbocycles. The second-order valence-corrected chi connectivity index (χ2v) is 7.17. The second-order valence-electron chi connectivity index (χ2n) is 6.73. The Morgan fingerprint density at radius 1 is 1.04 bits per heavy atom. The van der Waals surface area contributed by atoms with E-state index in [-0.39, 0.29) is 0 Å². The lowest BCUT2D eigenvalue weighted by Crippen LogP contribution is -2.21. The van der Waals surface area contributed by atoms with Crippen LogP contribution in [0.2, 0.25) is 5.02 Å². The zero-order valence-electron chi connectivity index (χ0n) is 14.8. The van der Waals surface area contributed by atoms with Gasteiger partial charge in [-0.1, -0.05) is 42.7 Å². The first kappa shape index (κ1) is 17.4. The predicted molar refractivity (Wildman–Crippen MR) is 99.0 cm³/mol. The molecule has 1 aromatic carbocycles. The number of benzene rings is 1. The van der Waals surface area contributed by atoms with Crippen molar-refractivity contribution in [2.75, 3.05) is 0 Å². The van der Waals surface area contributed by atoms with E-state index in [4.69, 9.17) is 20.5 Å². The van der Waals surface area contributed by atoms with E-state index in [1.807, 2.05) is 38.1 Å². The van der Waals surface area contributed by atoms with Crippen LogP contribution in [0.25, 0.3) is 22.8 Å². The Morgan fingerprint density at radius 3 is 2.63 bits per heavy atom. The highest BCUT2D eigenvalue weighted by atomic mass is 35.5. The number of pyridine rings is 1. The van der Waals surface area contributed by atoms with E-state index < -0.39 is 5.41 Å². The Hall–Kier alpha value is -3.06. The molecule has 0 amide bonds. The summed E-state index contributed by atoms with van der Waals surface area (Å²) in [5, 5.41) is 12.9. The number of aromatic nitrogens is 5. The van der Waals surface area contributed by atoms with Crippen molar-refractivity contribution in [2.24, 2.45) is 0 Å². The Labute approximate surface area is 160 Å². The van der Waals surface area contributed by atoms with Gasteiger partial charge in [-0.05, 0) is 24.3 Å². The van der Waals surface area contributed by atoms with Crippen molar-refractivity contribution in [2.45, 2.75) is 25.7 Å². The van der Waals surface area contributed by atoms with E-state index in [1.54, 1.807) is 24.5 Å². The van der Waals surface area contributed by atoms with Gasteiger partial charge in [-0.3, -0.25) is 4.98 Å². The van der Waals surface area contributed by atoms with Gasteiger partial charge >= 0.3 is 0 Å². The molecule has 136 valence electrons. The molecule has 8 heteroatoms. The van der Waals surface area contributed by atoms with Crippen molar-refractivity contribution in [1.82, 2.24) is 25.3 Å². The highest BCUT2D eigenvalue weighted by molar-refractivity contribution is 6.30. The van der Waals surface area contributed by atoms with Gasteiger partial charge in [0.05, 0.1) is 5.41 Å². The molecular formula is C19H16ClN5O2. The molecule has 0 aliphatic rings. The normalized spacial score (nSPS) is 11.7. The summed E-state index contributed by atoms with van der Waals surface area (Å²) in [7, 11) is 0. The molecule has 0 atom stereocenters. The fraction of sp³-hybridized carbons (Fsp3) is 0.211. The fourth-order valence-electron chi connectivity index (χ4n) is 2.63. The van der Waals surface area contributed by atoms with Gasteiger partial charge in [0, 0.05) is 35.0 Å². The van der Waals surface area contributed by atoms with Gasteiger partial charge in [-0.15, -0.1) is 10.2 Å². The molecule has 3 aromatic heterocycles. The first-order valence-electron chi connectivity index (χ1n) is 8.34. The number of hydrogen-bond donors (Lipinski definition) is 0. The Bertz CT molecular complexity index is 1060. The van der Waals surface area contributed by atoms with Crippen LogP contribution in [0.4, 0.5) is 0 Å². The lowest BCUT2D eigenvalue weighted by Gasteiger charge is -2.16. The van der Waals surface area contributed by atoms with Gasteiger partial charge in [-0.2, -0.15) is 4.98 Å². The van der Waals surface area contributed by atoms with Crippen molar-refractivity contribution in [3.05, 3.63) is 65.6 Å². The van der Waals surface area contributed by atoms with Gasteiger partial charge in [-0.25, -0.2) is 0 Å². The summed E-state index contributed by atoms with van der Waals surface area (Å²) in [5.74, 6) is 1.92. The summed E-state index contributed by atoms with van der Waals surface area (Å²) < 4.78 is 11.3. The lowest BCUT2D eigenvalue weighted by atomic mass is 9.89. The molecule has 0 radical (unpaired) electrons. The maximum atomic E-state index is 6.03. The van der Waals surface area contributed by atoms with Crippen LogP contribution in [0.15, 0.2) is 57.7 Å². The first-order valence-corrected chi connectivity index (χ1v) is 8.72. The monoisotopic (exact) mass is 381 g/mol. The quantitative estimate of drug-likeness (QED) is 0.507. The van der Waals surface area contributed by atoms with Gasteiger partial charge < -0.3 is 8.94 Å². The molecule has 7 nitrogen and oxygen atoms in total. The minimum Gasteiger partial charge on any atom is -0.421 e. The van der Waals surface area contributed by atoms with Crippen LogP contribution < -0.4 is 0 Å². The largest absolute Gasteiger partial charge is 0.421 e. The SMILES string of the molecule is CC(C)(Cc1nnc(-c2ccncc2)o1)c1nc(-c2cccc(Cl)c2)no1. The highest BCUT2D eigenvalue weighted by Gasteiger charge is 2.31. The van der Waals surface area contributed by atoms with Crippen molar-refractivity contribution in [1.29, 1.82) is 0 Å². The van der Waals surface area contributed by atoms with Gasteiger partial charge in [0.15, 0.2) is 0 Å². The maximum Gasteiger partial charge on any atom is 0.247 e. The first-order chi connectivity index (χ1) is 13.0. The summed E-state index contributed by atoms with van der Waals surface area (Å²) in [5.41, 5.74) is 1.14. The maximum absolute atomic E-state index is 6.03. The van der Waals surface area contributed by atoms with Crippen molar-refractivity contribution in [3.63, 3.8) is 0 Å². The average Bonchev–Trinajstić information content (AvgIpc) is 3.32. The van der Waals surface area contributed by atoms with E-state index >= 15 is 0 Å². The van der Waals surface area contributed by atoms with Crippen LogP contribution in [0.3, 0.4) is 0 Å². The molecule has 0 N–H and O–H groups in total. The van der Waals surface area contributed by atoms with Crippen molar-refractivity contribution in [3.8, 4) is 22.8 Å². The zero-order valence-corrected chi connectivity index (χ0v) is 15.5. The molecule has 0 bridgehead atoms. The molecule has 4 rings (SSSR count). The van der Waals surface area contributed by atoms with Crippen LogP contribution in [-0.2, 0) is 11.8 Å². The second kappa shape index (κ2) is 6.92. The van der Waals surface area contributed by atoms with E-state index in [0.29, 0.717) is 34.9 Å². The smallest absolute Gasteiger partial charge is 0.247 e. The van der Waals surface area contributed by atoms with Crippen LogP contribution in [0.5, 0.6) is 0 Å². The molecule has 0 aliphatic heterocycles. The lowest BCUT2D eigenvalue weighted by molar-refractivity contribution is 0.292. The van der Waals surface area contributed by atoms with Gasteiger partial charge in [0.1, 0.15) is 0 Å². The molecule has 0 aliphatic carbocycles. The van der Waals surface area contributed by atoms with E-state index in [2.05, 4.69) is 25.3 Å². The minimum absolute atomic E-state index is 0.452. The van der Waals surface area contributed by atoms with Crippen LogP contribution in [0, 0.1) is 0 Å². The summed E-state index contributed by atoms with van der Waals surface area (Å²) in [6, 6.07) is 11.0. The van der Waals surface area contributed by atoms with Crippen LogP contribution in [-0.4, -0.2) is 25.3 Å². The number of rotatable bonds is 5. The third kappa shape index (κ3) is 3.73. The predicted octanol–water partition coefficient (Wildman–Crippen LogP) is 4.36. The molecule has 0 spiro atoms. The molecular weight excluding hydrogens is 366 g/mol. The third-order valence-corrected chi connectivity index (χ3v) is 4.31. The van der Waals surface area contributed by atoms with Crippen molar-refractivity contribution >= 4 is 11.6 Å². The van der Waals surface area contributed by atoms with E-state index in [9.17, 15) is 0 Å². The molecule has 0 unspecified atom stereocenters. The Balaban J connectivity index is 1.55. The Kier molecular flexibility index (Phi) is 4.45. The number of nitrogens with zero attached hydrogens (tertiary/aromatic N) is 5. The highest BCUT2D eigenvalue weighted by Crippen LogP contribution is 2.29. The fourth-order valence-corrected chi connectivity index (χ4v) is 2.82. The molecule has 0 saturated heterocycles. The van der Waals surface area contributed by atoms with E-state index in [1.165, 1.54) is 0 Å². The summed E-state index contributed by atoms with van der Waals surface area (Å²) in [4.78, 5) is 8.50. The zero-order chi connectivity index (χ0) is 18.9. The molecule has 3 heterocycles. The minimum atomic E-state index is -0.480. The summed E-state index contributed by atoms with van der Waals surface area (Å²) in [6.07, 6.45) is 3.82. The number of hydrogen-bond acceptors (Lipinski definition) is 7. The average molecular weight is 382 g/mol. The number of halogens is 1.